The molecular weight excluding hydrogens is 338 g/mol. The molecule has 0 aromatic heterocycles. The number of hydrogen-bond donors (Lipinski definition) is 1. The first kappa shape index (κ1) is 17.5. The summed E-state index contributed by atoms with van der Waals surface area (Å²) < 4.78 is 0. The van der Waals surface area contributed by atoms with Gasteiger partial charge in [0.25, 0.3) is 0 Å². The van der Waals surface area contributed by atoms with Gasteiger partial charge < -0.3 is 10.0 Å². The van der Waals surface area contributed by atoms with E-state index in [1.165, 1.54) is 0 Å². The Kier molecular flexibility index (Phi) is 5.96. The van der Waals surface area contributed by atoms with Crippen molar-refractivity contribution >= 4 is 11.5 Å². The van der Waals surface area contributed by atoms with E-state index in [1.54, 1.807) is 0 Å². The maximum Gasteiger partial charge on any atom is 1.00 e. The van der Waals surface area contributed by atoms with E-state index in [4.69, 9.17) is 0 Å². The Morgan fingerprint density at radius 2 is 2.14 bits per heavy atom. The van der Waals surface area contributed by atoms with Gasteiger partial charge in [-0.05, 0) is 20.5 Å². The molecule has 0 saturated carbocycles. The van der Waals surface area contributed by atoms with E-state index in [1.807, 2.05) is 31.3 Å². The van der Waals surface area contributed by atoms with Crippen LogP contribution in [0.15, 0.2) is 29.8 Å². The molecule has 0 aliphatic carbocycles. The molecule has 1 saturated heterocycles. The van der Waals surface area contributed by atoms with E-state index < -0.39 is 5.97 Å². The maximum absolute atomic E-state index is 11.8. The molecule has 2 aliphatic heterocycles. The number of carboxylic acids is 1. The molecule has 21 heavy (non-hydrogen) atoms. The molecule has 2 aliphatic rings. The van der Waals surface area contributed by atoms with Gasteiger partial charge >= 0.3 is 64.2 Å². The SMILES string of the molecule is CN1CC2CC(c3c[c-]ccc3)=C(C(=O)O)C(C1)N2C.[Rb+]. The summed E-state index contributed by atoms with van der Waals surface area (Å²) in [5.41, 5.74) is 2.53. The van der Waals surface area contributed by atoms with Gasteiger partial charge in [0.1, 0.15) is 0 Å². The fourth-order valence-electron chi connectivity index (χ4n) is 3.42. The Morgan fingerprint density at radius 3 is 2.76 bits per heavy atom. The largest absolute Gasteiger partial charge is 1.00 e. The number of likely N-dealkylation sites (N-methyl/N-ethyl adjacent to an activating group) is 2. The fraction of sp³-hybridized carbons (Fsp3) is 0.438. The van der Waals surface area contributed by atoms with E-state index >= 15 is 0 Å². The Balaban J connectivity index is 0.00000161. The first-order valence-corrected chi connectivity index (χ1v) is 6.91. The molecular formula is C16H19N2O2Rb. The molecule has 1 aromatic rings. The fourth-order valence-corrected chi connectivity index (χ4v) is 3.42. The smallest absolute Gasteiger partial charge is 0.478 e. The number of nitrogens with zero attached hydrogens (tertiary/aromatic N) is 2. The summed E-state index contributed by atoms with van der Waals surface area (Å²) in [6.07, 6.45) is 0.789. The van der Waals surface area contributed by atoms with Crippen molar-refractivity contribution in [2.45, 2.75) is 18.5 Å². The number of benzene rings is 1. The van der Waals surface area contributed by atoms with E-state index in [9.17, 15) is 9.90 Å². The van der Waals surface area contributed by atoms with Crippen LogP contribution in [-0.4, -0.2) is 60.1 Å². The van der Waals surface area contributed by atoms with Gasteiger partial charge in [-0.25, -0.2) is 4.79 Å². The van der Waals surface area contributed by atoms with Crippen molar-refractivity contribution in [2.24, 2.45) is 0 Å². The molecule has 2 atom stereocenters. The van der Waals surface area contributed by atoms with Crippen LogP contribution in [0.2, 0.25) is 0 Å². The average molecular weight is 357 g/mol. The van der Waals surface area contributed by atoms with Crippen LogP contribution in [0.3, 0.4) is 0 Å². The van der Waals surface area contributed by atoms with Gasteiger partial charge in [-0.3, -0.25) is 4.90 Å². The monoisotopic (exact) mass is 356 g/mol. The van der Waals surface area contributed by atoms with Crippen molar-refractivity contribution in [3.8, 4) is 0 Å². The third-order valence-corrected chi connectivity index (χ3v) is 4.46. The molecule has 0 amide bonds. The zero-order valence-corrected chi connectivity index (χ0v) is 17.8. The van der Waals surface area contributed by atoms with E-state index in [-0.39, 0.29) is 64.2 Å². The van der Waals surface area contributed by atoms with Crippen molar-refractivity contribution in [1.82, 2.24) is 9.80 Å². The minimum Gasteiger partial charge on any atom is -0.478 e. The van der Waals surface area contributed by atoms with E-state index in [0.717, 1.165) is 30.6 Å². The molecule has 1 aromatic carbocycles. The van der Waals surface area contributed by atoms with Crippen LogP contribution < -0.4 is 58.2 Å². The zero-order valence-electron chi connectivity index (χ0n) is 12.8. The van der Waals surface area contributed by atoms with Gasteiger partial charge in [0.15, 0.2) is 0 Å². The summed E-state index contributed by atoms with van der Waals surface area (Å²) in [6.45, 7) is 1.76. The van der Waals surface area contributed by atoms with Gasteiger partial charge in [0.2, 0.25) is 0 Å². The second-order valence-electron chi connectivity index (χ2n) is 5.75. The molecule has 1 N–H and O–H groups in total. The van der Waals surface area contributed by atoms with Crippen molar-refractivity contribution in [2.75, 3.05) is 27.2 Å². The maximum atomic E-state index is 11.8. The Bertz CT molecular complexity index is 559. The third kappa shape index (κ3) is 3.41. The van der Waals surface area contributed by atoms with Crippen LogP contribution in [0.1, 0.15) is 12.0 Å². The number of fused-ring (bicyclic) bond motifs is 2. The predicted octanol–water partition coefficient (Wildman–Crippen LogP) is -1.65. The minimum absolute atomic E-state index is 0. The van der Waals surface area contributed by atoms with E-state index in [2.05, 4.69) is 22.9 Å². The minimum atomic E-state index is -0.797. The first-order chi connectivity index (χ1) is 9.58. The molecule has 2 bridgehead atoms. The van der Waals surface area contributed by atoms with Gasteiger partial charge in [0, 0.05) is 24.7 Å². The Morgan fingerprint density at radius 1 is 1.38 bits per heavy atom. The van der Waals surface area contributed by atoms with Crippen LogP contribution in [0.4, 0.5) is 0 Å². The van der Waals surface area contributed by atoms with E-state index in [0.29, 0.717) is 11.6 Å². The summed E-state index contributed by atoms with van der Waals surface area (Å²) in [7, 11) is 4.10. The third-order valence-electron chi connectivity index (χ3n) is 4.46. The standard InChI is InChI=1S/C16H19N2O2.Rb/c1-17-9-12-8-13(11-6-4-3-5-7-11)15(16(19)20)14(10-17)18(12)2;/h3-4,6-7,12,14H,8-10H2,1-2H3,(H,19,20);/q-1;+1. The van der Waals surface area contributed by atoms with Gasteiger partial charge in [-0.1, -0.05) is 5.57 Å². The summed E-state index contributed by atoms with van der Waals surface area (Å²) in [6, 6.07) is 11.0. The Labute approximate surface area is 174 Å². The average Bonchev–Trinajstić information content (AvgIpc) is 2.41. The number of carboxylic acid groups (broad SMARTS) is 1. The van der Waals surface area contributed by atoms with Gasteiger partial charge in [0.05, 0.1) is 6.04 Å². The van der Waals surface area contributed by atoms with Crippen LogP contribution >= 0.6 is 0 Å². The molecule has 0 spiro atoms. The molecule has 4 nitrogen and oxygen atoms in total. The Hall–Kier alpha value is 0.155. The quantitative estimate of drug-likeness (QED) is 0.645. The second kappa shape index (κ2) is 7.15. The van der Waals surface area contributed by atoms with Gasteiger partial charge in [-0.2, -0.15) is 30.3 Å². The number of aliphatic carboxylic acids is 1. The van der Waals surface area contributed by atoms with Crippen LogP contribution in [0.5, 0.6) is 0 Å². The molecule has 106 valence electrons. The molecule has 5 heteroatoms. The first-order valence-electron chi connectivity index (χ1n) is 6.91. The topological polar surface area (TPSA) is 43.8 Å². The summed E-state index contributed by atoms with van der Waals surface area (Å²) >= 11 is 0. The summed E-state index contributed by atoms with van der Waals surface area (Å²) in [5, 5.41) is 9.67. The molecule has 3 rings (SSSR count). The van der Waals surface area contributed by atoms with Gasteiger partial charge in [-0.15, -0.1) is 5.56 Å². The van der Waals surface area contributed by atoms with Crippen molar-refractivity contribution in [3.05, 3.63) is 41.5 Å². The van der Waals surface area contributed by atoms with Crippen LogP contribution in [0, 0.1) is 6.07 Å². The molecule has 2 unspecified atom stereocenters. The van der Waals surface area contributed by atoms with Crippen LogP contribution in [0.25, 0.3) is 5.57 Å². The molecule has 0 radical (unpaired) electrons. The number of carbonyl (C=O) groups is 1. The number of hydrogen-bond acceptors (Lipinski definition) is 3. The second-order valence-corrected chi connectivity index (χ2v) is 5.75. The van der Waals surface area contributed by atoms with Crippen molar-refractivity contribution in [3.63, 3.8) is 0 Å². The number of rotatable bonds is 2. The molecule has 2 heterocycles. The predicted molar refractivity (Wildman–Crippen MR) is 77.3 cm³/mol. The molecule has 1 fully saturated rings. The normalized spacial score (nSPS) is 26.4. The van der Waals surface area contributed by atoms with Crippen molar-refractivity contribution in [1.29, 1.82) is 0 Å². The number of piperazine rings is 1. The van der Waals surface area contributed by atoms with Crippen molar-refractivity contribution < 1.29 is 68.1 Å². The zero-order chi connectivity index (χ0) is 14.3. The summed E-state index contributed by atoms with van der Waals surface area (Å²) in [4.78, 5) is 16.2. The summed E-state index contributed by atoms with van der Waals surface area (Å²) in [5.74, 6) is -0.797. The van der Waals surface area contributed by atoms with Crippen LogP contribution in [-0.2, 0) is 4.79 Å².